The van der Waals surface area contributed by atoms with Crippen LogP contribution >= 0.6 is 0 Å². The summed E-state index contributed by atoms with van der Waals surface area (Å²) in [4.78, 5) is 0. The van der Waals surface area contributed by atoms with Gasteiger partial charge in [-0.2, -0.15) is 0 Å². The van der Waals surface area contributed by atoms with E-state index in [9.17, 15) is 0 Å². The van der Waals surface area contributed by atoms with Gasteiger partial charge in [0, 0.05) is 38.6 Å². The zero-order chi connectivity index (χ0) is 43.1. The molecule has 11 rings (SSSR count). The Hall–Kier alpha value is -6.97. The molecule has 0 bridgehead atoms. The summed E-state index contributed by atoms with van der Waals surface area (Å²) in [5, 5.41) is 5.22. The number of fused-ring (bicyclic) bond motifs is 6. The molecule has 0 aliphatic heterocycles. The van der Waals surface area contributed by atoms with Crippen LogP contribution in [0.25, 0.3) is 99.5 Å². The van der Waals surface area contributed by atoms with Crippen LogP contribution < -0.4 is 38.2 Å². The van der Waals surface area contributed by atoms with Gasteiger partial charge >= 0.3 is 0 Å². The van der Waals surface area contributed by atoms with Gasteiger partial charge in [-0.1, -0.05) is 166 Å². The minimum atomic E-state index is 1.15. The van der Waals surface area contributed by atoms with E-state index in [1.54, 1.807) is 0 Å². The second-order valence-corrected chi connectivity index (χ2v) is 17.5. The topological polar surface area (TPSA) is 9.86 Å². The standard InChI is InChI=1S/C54H43B7N2/c55-46-43(47(56)51(60)53-44(46)45-48(57)49(58)50(59)52(61)54(45)63(53)38-18-10-17-34(27-38)31-13-6-2-7-14-31)36-22-26-41-40(28-36)39-25-21-35(32-15-8-3-9-16-32)29-42(39)62(41)37-23-19-33(20-24-37)30-11-4-1-5-12-30/h1-29H,55-61H2. The summed E-state index contributed by atoms with van der Waals surface area (Å²) in [6, 6.07) is 64.5. The highest BCUT2D eigenvalue weighted by Crippen LogP contribution is 2.38. The van der Waals surface area contributed by atoms with Crippen LogP contribution in [-0.4, -0.2) is 64.1 Å². The van der Waals surface area contributed by atoms with Gasteiger partial charge in [-0.05, 0) is 92.4 Å². The monoisotopic (exact) mass is 796 g/mol. The number of aromatic nitrogens is 2. The van der Waals surface area contributed by atoms with Gasteiger partial charge in [0.05, 0.1) is 11.0 Å². The van der Waals surface area contributed by atoms with E-state index in [1.807, 2.05) is 0 Å². The van der Waals surface area contributed by atoms with Crippen molar-refractivity contribution >= 4 is 137 Å². The number of hydrogen-bond acceptors (Lipinski definition) is 0. The van der Waals surface area contributed by atoms with Crippen LogP contribution in [0.15, 0.2) is 176 Å². The van der Waals surface area contributed by atoms with Gasteiger partial charge in [0.2, 0.25) is 0 Å². The fourth-order valence-electron chi connectivity index (χ4n) is 10.6. The molecule has 0 amide bonds. The molecule has 0 unspecified atom stereocenters. The lowest BCUT2D eigenvalue weighted by atomic mass is 9.64. The second-order valence-electron chi connectivity index (χ2n) is 17.5. The van der Waals surface area contributed by atoms with Crippen molar-refractivity contribution in [3.8, 4) is 55.9 Å². The third-order valence-corrected chi connectivity index (χ3v) is 14.2. The maximum absolute atomic E-state index is 2.58. The average molecular weight is 796 g/mol. The van der Waals surface area contributed by atoms with Gasteiger partial charge in [-0.3, -0.25) is 0 Å². The van der Waals surface area contributed by atoms with Crippen molar-refractivity contribution in [1.29, 1.82) is 0 Å². The number of hydrogen-bond donors (Lipinski definition) is 0. The first-order valence-corrected chi connectivity index (χ1v) is 22.2. The Morgan fingerprint density at radius 2 is 0.762 bits per heavy atom. The van der Waals surface area contributed by atoms with E-state index in [-0.39, 0.29) is 0 Å². The Kier molecular flexibility index (Phi) is 9.35. The van der Waals surface area contributed by atoms with Gasteiger partial charge < -0.3 is 9.13 Å². The summed E-state index contributed by atoms with van der Waals surface area (Å²) in [7, 11) is 16.3. The summed E-state index contributed by atoms with van der Waals surface area (Å²) < 4.78 is 5.04. The molecule has 290 valence electrons. The molecule has 0 spiro atoms. The van der Waals surface area contributed by atoms with E-state index < -0.39 is 0 Å². The minimum absolute atomic E-state index is 1.15. The quantitative estimate of drug-likeness (QED) is 0.229. The van der Waals surface area contributed by atoms with E-state index in [2.05, 4.69) is 240 Å². The van der Waals surface area contributed by atoms with E-state index >= 15 is 0 Å². The van der Waals surface area contributed by atoms with Crippen LogP contribution in [0.2, 0.25) is 0 Å². The largest absolute Gasteiger partial charge is 0.310 e. The normalized spacial score (nSPS) is 11.6. The Labute approximate surface area is 375 Å². The molecule has 2 heterocycles. The van der Waals surface area contributed by atoms with Gasteiger partial charge in [-0.25, -0.2) is 0 Å². The molecule has 2 nitrogen and oxygen atoms in total. The Bertz CT molecular complexity index is 3620. The molecule has 2 aromatic heterocycles. The zero-order valence-corrected chi connectivity index (χ0v) is 37.1. The van der Waals surface area contributed by atoms with Gasteiger partial charge in [0.1, 0.15) is 54.9 Å². The van der Waals surface area contributed by atoms with Crippen molar-refractivity contribution in [3.63, 3.8) is 0 Å². The molecule has 11 aromatic rings. The van der Waals surface area contributed by atoms with Crippen molar-refractivity contribution in [1.82, 2.24) is 9.13 Å². The van der Waals surface area contributed by atoms with Gasteiger partial charge in [-0.15, -0.1) is 5.46 Å². The summed E-state index contributed by atoms with van der Waals surface area (Å²) in [5.74, 6) is 0. The smallest absolute Gasteiger partial charge is 0.141 e. The first-order chi connectivity index (χ1) is 30.7. The third-order valence-electron chi connectivity index (χ3n) is 14.2. The molecule has 0 saturated heterocycles. The maximum atomic E-state index is 2.58. The fourth-order valence-corrected chi connectivity index (χ4v) is 10.6. The molecule has 9 aromatic carbocycles. The van der Waals surface area contributed by atoms with Crippen LogP contribution in [0.5, 0.6) is 0 Å². The number of rotatable bonds is 6. The van der Waals surface area contributed by atoms with Crippen molar-refractivity contribution in [2.45, 2.75) is 0 Å². The van der Waals surface area contributed by atoms with Gasteiger partial charge in [0.15, 0.2) is 0 Å². The molecule has 0 saturated carbocycles. The summed E-state index contributed by atoms with van der Waals surface area (Å²) in [6.45, 7) is 0. The van der Waals surface area contributed by atoms with Crippen LogP contribution in [0.1, 0.15) is 0 Å². The minimum Gasteiger partial charge on any atom is -0.310 e. The van der Waals surface area contributed by atoms with Crippen molar-refractivity contribution in [2.75, 3.05) is 0 Å². The summed E-state index contributed by atoms with van der Waals surface area (Å²) in [6.07, 6.45) is 0. The summed E-state index contributed by atoms with van der Waals surface area (Å²) in [5.41, 5.74) is 26.6. The van der Waals surface area contributed by atoms with Crippen LogP contribution in [0, 0.1) is 0 Å². The molecule has 0 atom stereocenters. The van der Waals surface area contributed by atoms with Crippen LogP contribution in [0.3, 0.4) is 0 Å². The summed E-state index contributed by atoms with van der Waals surface area (Å²) >= 11 is 0. The number of benzene rings is 9. The second kappa shape index (κ2) is 15.1. The van der Waals surface area contributed by atoms with Crippen molar-refractivity contribution in [3.05, 3.63) is 176 Å². The predicted molar refractivity (Wildman–Crippen MR) is 294 cm³/mol. The third kappa shape index (κ3) is 6.12. The molecule has 9 heteroatoms. The first kappa shape index (κ1) is 38.9. The highest BCUT2D eigenvalue weighted by Gasteiger charge is 2.25. The molecule has 0 fully saturated rings. The Morgan fingerprint density at radius 3 is 1.40 bits per heavy atom. The fraction of sp³-hybridized carbons (Fsp3) is 0. The molecular weight excluding hydrogens is 752 g/mol. The molecule has 63 heavy (non-hydrogen) atoms. The van der Waals surface area contributed by atoms with Crippen molar-refractivity contribution in [2.24, 2.45) is 0 Å². The Morgan fingerprint density at radius 1 is 0.270 bits per heavy atom. The maximum Gasteiger partial charge on any atom is 0.141 e. The lowest BCUT2D eigenvalue weighted by molar-refractivity contribution is 1.18. The van der Waals surface area contributed by atoms with Crippen molar-refractivity contribution < 1.29 is 0 Å². The van der Waals surface area contributed by atoms with Crippen LogP contribution in [-0.2, 0) is 0 Å². The van der Waals surface area contributed by atoms with Gasteiger partial charge in [0.25, 0.3) is 0 Å². The zero-order valence-electron chi connectivity index (χ0n) is 37.1. The lowest BCUT2D eigenvalue weighted by Gasteiger charge is -2.19. The molecule has 0 N–H and O–H groups in total. The lowest BCUT2D eigenvalue weighted by Crippen LogP contribution is -2.48. The highest BCUT2D eigenvalue weighted by molar-refractivity contribution is 6.69. The predicted octanol–water partition coefficient (Wildman–Crippen LogP) is 2.36. The van der Waals surface area contributed by atoms with E-state index in [4.69, 9.17) is 0 Å². The molecule has 0 aliphatic rings. The molecule has 0 aliphatic carbocycles. The van der Waals surface area contributed by atoms with Crippen LogP contribution in [0.4, 0.5) is 0 Å². The van der Waals surface area contributed by atoms with E-state index in [0.717, 1.165) is 5.69 Å². The highest BCUT2D eigenvalue weighted by atomic mass is 15.0. The van der Waals surface area contributed by atoms with E-state index in [1.165, 1.54) is 132 Å². The van der Waals surface area contributed by atoms with E-state index in [0.29, 0.717) is 0 Å². The first-order valence-electron chi connectivity index (χ1n) is 22.2. The SMILES string of the molecule is Bc1c(B)c(B)c2c(c1B)c1c(B)c(-c3ccc4c(c3)c3ccc(-c5ccccc5)cc3n4-c3ccc(-c4ccccc4)cc3)c(B)c(B)c1n2-c1cccc(-c2ccccc2)c1. The average Bonchev–Trinajstić information content (AvgIpc) is 3.87. The number of nitrogens with zero attached hydrogens (tertiary/aromatic N) is 2. The molecular formula is C54H43B7N2. The molecule has 0 radical (unpaired) electrons. The Balaban J connectivity index is 1.16.